The topological polar surface area (TPSA) is 78.9 Å². The van der Waals surface area contributed by atoms with Crippen molar-refractivity contribution in [2.45, 2.75) is 12.5 Å². The smallest absolute Gasteiger partial charge is 0.247 e. The van der Waals surface area contributed by atoms with Crippen LogP contribution in [0.25, 0.3) is 22.5 Å². The van der Waals surface area contributed by atoms with Crippen LogP contribution in [0.15, 0.2) is 83.3 Å². The molecule has 0 spiro atoms. The zero-order chi connectivity index (χ0) is 20.3. The Kier molecular flexibility index (Phi) is 4.69. The molecule has 0 aliphatic heterocycles. The highest BCUT2D eigenvalue weighted by atomic mass is 16.5. The number of fused-ring (bicyclic) bond motifs is 1. The molecule has 2 heterocycles. The van der Waals surface area contributed by atoms with Crippen LogP contribution < -0.4 is 4.74 Å². The van der Waals surface area contributed by atoms with Crippen molar-refractivity contribution >= 4 is 11.0 Å². The summed E-state index contributed by atoms with van der Waals surface area (Å²) in [6, 6.07) is 25.3. The van der Waals surface area contributed by atoms with Gasteiger partial charge >= 0.3 is 0 Å². The summed E-state index contributed by atoms with van der Waals surface area (Å²) >= 11 is 0. The molecule has 0 aliphatic rings. The average molecular weight is 397 g/mol. The summed E-state index contributed by atoms with van der Waals surface area (Å²) in [6.45, 7) is 0. The second-order valence-electron chi connectivity index (χ2n) is 6.90. The molecule has 7 heteroatoms. The minimum atomic E-state index is -0.278. The van der Waals surface area contributed by atoms with Gasteiger partial charge in [-0.2, -0.15) is 0 Å². The maximum Gasteiger partial charge on any atom is 0.247 e. The minimum Gasteiger partial charge on any atom is -0.497 e. The second kappa shape index (κ2) is 7.79. The molecule has 0 saturated carbocycles. The molecule has 0 radical (unpaired) electrons. The standard InChI is InChI=1S/C23H19N5O2/c1-29-18-13-11-17(12-14-18)22-25-26-23(30-22)21(15-16-7-3-2-4-8-16)28-20-10-6-5-9-19(20)24-27-28/h2-14,21H,15H2,1H3. The van der Waals surface area contributed by atoms with Gasteiger partial charge < -0.3 is 9.15 Å². The first-order valence-corrected chi connectivity index (χ1v) is 9.63. The van der Waals surface area contributed by atoms with Gasteiger partial charge in [-0.25, -0.2) is 4.68 Å². The SMILES string of the molecule is COc1ccc(-c2nnc(C(Cc3ccccc3)n3nnc4ccccc43)o2)cc1. The monoisotopic (exact) mass is 397 g/mol. The number of rotatable bonds is 6. The Balaban J connectivity index is 1.55. The van der Waals surface area contributed by atoms with E-state index in [9.17, 15) is 0 Å². The predicted molar refractivity (Wildman–Crippen MR) is 112 cm³/mol. The molecule has 7 nitrogen and oxygen atoms in total. The molecule has 148 valence electrons. The van der Waals surface area contributed by atoms with Crippen LogP contribution in [0.1, 0.15) is 17.5 Å². The molecule has 2 aromatic heterocycles. The first kappa shape index (κ1) is 18.1. The van der Waals surface area contributed by atoms with E-state index in [2.05, 4.69) is 32.6 Å². The van der Waals surface area contributed by atoms with Crippen LogP contribution in [0.4, 0.5) is 0 Å². The maximum absolute atomic E-state index is 6.10. The van der Waals surface area contributed by atoms with Crippen molar-refractivity contribution in [1.29, 1.82) is 0 Å². The Morgan fingerprint density at radius 3 is 2.43 bits per heavy atom. The van der Waals surface area contributed by atoms with Crippen molar-refractivity contribution in [1.82, 2.24) is 25.2 Å². The summed E-state index contributed by atoms with van der Waals surface area (Å²) in [6.07, 6.45) is 0.651. The molecule has 1 unspecified atom stereocenters. The zero-order valence-electron chi connectivity index (χ0n) is 16.3. The van der Waals surface area contributed by atoms with E-state index in [4.69, 9.17) is 9.15 Å². The molecule has 3 aromatic carbocycles. The molecule has 0 N–H and O–H groups in total. The summed E-state index contributed by atoms with van der Waals surface area (Å²) < 4.78 is 13.2. The van der Waals surface area contributed by atoms with Crippen LogP contribution in [-0.4, -0.2) is 32.3 Å². The number of para-hydroxylation sites is 1. The fourth-order valence-electron chi connectivity index (χ4n) is 3.45. The fourth-order valence-corrected chi connectivity index (χ4v) is 3.45. The first-order valence-electron chi connectivity index (χ1n) is 9.63. The summed E-state index contributed by atoms with van der Waals surface area (Å²) in [5.74, 6) is 1.71. The fraction of sp³-hybridized carbons (Fsp3) is 0.130. The molecule has 0 amide bonds. The number of hydrogen-bond acceptors (Lipinski definition) is 6. The lowest BCUT2D eigenvalue weighted by atomic mass is 10.1. The first-order chi connectivity index (χ1) is 14.8. The molecule has 30 heavy (non-hydrogen) atoms. The van der Waals surface area contributed by atoms with Crippen LogP contribution in [0.5, 0.6) is 5.75 Å². The molecule has 0 fully saturated rings. The molecule has 5 rings (SSSR count). The number of methoxy groups -OCH3 is 1. The Hall–Kier alpha value is -4.00. The Bertz CT molecular complexity index is 1260. The van der Waals surface area contributed by atoms with Crippen LogP contribution in [-0.2, 0) is 6.42 Å². The minimum absolute atomic E-state index is 0.278. The van der Waals surface area contributed by atoms with E-state index in [1.165, 1.54) is 0 Å². The van der Waals surface area contributed by atoms with Gasteiger partial charge in [0.2, 0.25) is 11.8 Å². The van der Waals surface area contributed by atoms with Gasteiger partial charge in [0.15, 0.2) is 0 Å². The van der Waals surface area contributed by atoms with E-state index in [0.29, 0.717) is 18.2 Å². The van der Waals surface area contributed by atoms with Crippen LogP contribution in [0, 0.1) is 0 Å². The Morgan fingerprint density at radius 2 is 1.63 bits per heavy atom. The molecular formula is C23H19N5O2. The molecule has 1 atom stereocenters. The largest absolute Gasteiger partial charge is 0.497 e. The van der Waals surface area contributed by atoms with Gasteiger partial charge in [-0.3, -0.25) is 0 Å². The highest BCUT2D eigenvalue weighted by Crippen LogP contribution is 2.28. The predicted octanol–water partition coefficient (Wildman–Crippen LogP) is 4.32. The van der Waals surface area contributed by atoms with E-state index in [1.807, 2.05) is 71.4 Å². The molecule has 0 aliphatic carbocycles. The number of hydrogen-bond donors (Lipinski definition) is 0. The quantitative estimate of drug-likeness (QED) is 0.425. The van der Waals surface area contributed by atoms with Gasteiger partial charge in [-0.1, -0.05) is 47.7 Å². The highest BCUT2D eigenvalue weighted by molar-refractivity contribution is 5.74. The van der Waals surface area contributed by atoms with E-state index in [1.54, 1.807) is 7.11 Å². The van der Waals surface area contributed by atoms with E-state index in [0.717, 1.165) is 27.9 Å². The van der Waals surface area contributed by atoms with E-state index >= 15 is 0 Å². The third-order valence-corrected chi connectivity index (χ3v) is 5.01. The molecule has 0 saturated heterocycles. The second-order valence-corrected chi connectivity index (χ2v) is 6.90. The zero-order valence-corrected chi connectivity index (χ0v) is 16.3. The van der Waals surface area contributed by atoms with Crippen molar-refractivity contribution in [3.8, 4) is 17.2 Å². The van der Waals surface area contributed by atoms with Gasteiger partial charge in [0.05, 0.1) is 12.6 Å². The molecule has 0 bridgehead atoms. The number of ether oxygens (including phenoxy) is 1. The lowest BCUT2D eigenvalue weighted by Crippen LogP contribution is -2.15. The number of nitrogens with zero attached hydrogens (tertiary/aromatic N) is 5. The van der Waals surface area contributed by atoms with Crippen molar-refractivity contribution in [2.24, 2.45) is 0 Å². The lowest BCUT2D eigenvalue weighted by molar-refractivity contribution is 0.395. The van der Waals surface area contributed by atoms with Gasteiger partial charge in [-0.15, -0.1) is 15.3 Å². The lowest BCUT2D eigenvalue weighted by Gasteiger charge is -2.14. The van der Waals surface area contributed by atoms with E-state index < -0.39 is 0 Å². The summed E-state index contributed by atoms with van der Waals surface area (Å²) in [5.41, 5.74) is 3.72. The van der Waals surface area contributed by atoms with Crippen LogP contribution in [0.2, 0.25) is 0 Å². The Morgan fingerprint density at radius 1 is 0.867 bits per heavy atom. The van der Waals surface area contributed by atoms with Crippen molar-refractivity contribution in [2.75, 3.05) is 7.11 Å². The number of aromatic nitrogens is 5. The molecule has 5 aromatic rings. The van der Waals surface area contributed by atoms with E-state index in [-0.39, 0.29) is 6.04 Å². The van der Waals surface area contributed by atoms with Crippen molar-refractivity contribution < 1.29 is 9.15 Å². The van der Waals surface area contributed by atoms with Crippen molar-refractivity contribution in [3.05, 3.63) is 90.3 Å². The van der Waals surface area contributed by atoms with Crippen LogP contribution in [0.3, 0.4) is 0 Å². The van der Waals surface area contributed by atoms with Gasteiger partial charge in [-0.05, 0) is 42.0 Å². The average Bonchev–Trinajstić information content (AvgIpc) is 3.46. The maximum atomic E-state index is 6.10. The molecular weight excluding hydrogens is 378 g/mol. The number of benzene rings is 3. The Labute approximate surface area is 172 Å². The summed E-state index contributed by atoms with van der Waals surface area (Å²) in [7, 11) is 1.64. The normalized spacial score (nSPS) is 12.2. The summed E-state index contributed by atoms with van der Waals surface area (Å²) in [4.78, 5) is 0. The van der Waals surface area contributed by atoms with Crippen LogP contribution >= 0.6 is 0 Å². The van der Waals surface area contributed by atoms with Gasteiger partial charge in [0, 0.05) is 12.0 Å². The van der Waals surface area contributed by atoms with Gasteiger partial charge in [0.1, 0.15) is 17.3 Å². The third-order valence-electron chi connectivity index (χ3n) is 5.01. The highest BCUT2D eigenvalue weighted by Gasteiger charge is 2.25. The van der Waals surface area contributed by atoms with Crippen molar-refractivity contribution in [3.63, 3.8) is 0 Å². The van der Waals surface area contributed by atoms with Gasteiger partial charge in [0.25, 0.3) is 0 Å². The third kappa shape index (κ3) is 3.41. The summed E-state index contributed by atoms with van der Waals surface area (Å²) in [5, 5.41) is 17.3.